The van der Waals surface area contributed by atoms with Crippen LogP contribution in [0.25, 0.3) is 0 Å². The maximum atomic E-state index is 12.8. The van der Waals surface area contributed by atoms with Crippen molar-refractivity contribution in [3.63, 3.8) is 0 Å². The number of likely N-dealkylation sites (tertiary alicyclic amines) is 1. The average Bonchev–Trinajstić information content (AvgIpc) is 3.05. The van der Waals surface area contributed by atoms with Gasteiger partial charge in [0.25, 0.3) is 5.91 Å². The van der Waals surface area contributed by atoms with Crippen LogP contribution in [0.5, 0.6) is 0 Å². The summed E-state index contributed by atoms with van der Waals surface area (Å²) in [6.07, 6.45) is -3.45. The molecule has 1 saturated heterocycles. The summed E-state index contributed by atoms with van der Waals surface area (Å²) in [6.45, 7) is 1.04. The molecule has 32 heavy (non-hydrogen) atoms. The number of aliphatic imine (C=N–C) groups is 1. The Balaban J connectivity index is 1.35. The Morgan fingerprint density at radius 2 is 1.88 bits per heavy atom. The summed E-state index contributed by atoms with van der Waals surface area (Å²) in [5, 5.41) is 5.98. The molecule has 1 spiro atoms. The van der Waals surface area contributed by atoms with Crippen LogP contribution in [-0.2, 0) is 15.8 Å². The minimum absolute atomic E-state index is 0.0329. The first-order chi connectivity index (χ1) is 15.1. The number of carbonyl (C=O) groups excluding carboxylic acids is 2. The summed E-state index contributed by atoms with van der Waals surface area (Å²) < 4.78 is 38.5. The molecule has 0 aromatic heterocycles. The number of anilines is 1. The van der Waals surface area contributed by atoms with E-state index >= 15 is 0 Å². The molecule has 0 unspecified atom stereocenters. The molecule has 2 aromatic carbocycles. The number of benzene rings is 2. The number of amides is 2. The summed E-state index contributed by atoms with van der Waals surface area (Å²) in [6, 6.07) is 11.5. The first-order valence-electron chi connectivity index (χ1n) is 10.0. The van der Waals surface area contributed by atoms with E-state index in [-0.39, 0.29) is 18.1 Å². The summed E-state index contributed by atoms with van der Waals surface area (Å²) in [4.78, 5) is 31.3. The molecule has 0 aliphatic carbocycles. The molecule has 2 aromatic rings. The lowest BCUT2D eigenvalue weighted by Gasteiger charge is -2.36. The van der Waals surface area contributed by atoms with E-state index in [4.69, 9.17) is 11.6 Å². The Kier molecular flexibility index (Phi) is 5.96. The molecule has 6 nitrogen and oxygen atoms in total. The summed E-state index contributed by atoms with van der Waals surface area (Å²) >= 11 is 6.02. The molecule has 2 aliphatic heterocycles. The van der Waals surface area contributed by atoms with E-state index in [1.807, 2.05) is 4.90 Å². The number of hydrogen-bond donors (Lipinski definition) is 2. The molecule has 2 aliphatic rings. The molecule has 1 fully saturated rings. The van der Waals surface area contributed by atoms with Crippen LogP contribution < -0.4 is 10.6 Å². The number of hydrogen-bond acceptors (Lipinski definition) is 4. The lowest BCUT2D eigenvalue weighted by molar-refractivity contribution is -0.137. The van der Waals surface area contributed by atoms with Crippen molar-refractivity contribution in [3.8, 4) is 0 Å². The minimum Gasteiger partial charge on any atom is -0.326 e. The second-order valence-electron chi connectivity index (χ2n) is 7.86. The lowest BCUT2D eigenvalue weighted by atomic mass is 9.98. The van der Waals surface area contributed by atoms with Gasteiger partial charge in [0.15, 0.2) is 0 Å². The smallest absolute Gasteiger partial charge is 0.326 e. The molecule has 0 atom stereocenters. The molecule has 168 valence electrons. The van der Waals surface area contributed by atoms with E-state index < -0.39 is 23.3 Å². The highest BCUT2D eigenvalue weighted by Gasteiger charge is 2.42. The predicted octanol–water partition coefficient (Wildman–Crippen LogP) is 3.71. The van der Waals surface area contributed by atoms with Crippen LogP contribution in [0.1, 0.15) is 24.0 Å². The van der Waals surface area contributed by atoms with Crippen LogP contribution >= 0.6 is 11.6 Å². The van der Waals surface area contributed by atoms with Gasteiger partial charge in [0.2, 0.25) is 5.91 Å². The first kappa shape index (κ1) is 22.3. The number of halogens is 4. The molecule has 2 N–H and O–H groups in total. The van der Waals surface area contributed by atoms with Crippen LogP contribution in [0.15, 0.2) is 53.5 Å². The van der Waals surface area contributed by atoms with Crippen LogP contribution in [0.3, 0.4) is 0 Å². The van der Waals surface area contributed by atoms with Crippen molar-refractivity contribution >= 4 is 34.8 Å². The van der Waals surface area contributed by atoms with E-state index in [9.17, 15) is 22.8 Å². The van der Waals surface area contributed by atoms with Crippen molar-refractivity contribution in [2.75, 3.05) is 25.0 Å². The second-order valence-corrected chi connectivity index (χ2v) is 8.30. The largest absolute Gasteiger partial charge is 0.416 e. The molecule has 0 saturated carbocycles. The Morgan fingerprint density at radius 3 is 2.56 bits per heavy atom. The van der Waals surface area contributed by atoms with Gasteiger partial charge in [-0.1, -0.05) is 29.8 Å². The van der Waals surface area contributed by atoms with Gasteiger partial charge in [-0.05, 0) is 30.3 Å². The molecular weight excluding hydrogens is 445 g/mol. The van der Waals surface area contributed by atoms with Gasteiger partial charge >= 0.3 is 6.18 Å². The Bertz CT molecular complexity index is 1080. The summed E-state index contributed by atoms with van der Waals surface area (Å²) in [7, 11) is 0. The average molecular weight is 465 g/mol. The van der Waals surface area contributed by atoms with Gasteiger partial charge in [0.1, 0.15) is 11.4 Å². The van der Waals surface area contributed by atoms with Crippen LogP contribution in [0.4, 0.5) is 18.9 Å². The standard InChI is InChI=1S/C22H20ClF3N4O2/c23-16-5-1-3-14(11-16)19-20(32)29-21(28-19)7-9-30(10-8-21)13-18(31)27-17-6-2-4-15(12-17)22(24,25)26/h1-6,11-12H,7-10,13H2,(H,27,31)(H,29,32). The van der Waals surface area contributed by atoms with E-state index in [1.54, 1.807) is 24.3 Å². The monoisotopic (exact) mass is 464 g/mol. The number of alkyl halides is 3. The summed E-state index contributed by atoms with van der Waals surface area (Å²) in [5.41, 5.74) is -0.460. The Labute approximate surface area is 187 Å². The molecule has 0 radical (unpaired) electrons. The third-order valence-electron chi connectivity index (χ3n) is 5.51. The third-order valence-corrected chi connectivity index (χ3v) is 5.74. The van der Waals surface area contributed by atoms with Crippen molar-refractivity contribution in [2.24, 2.45) is 4.99 Å². The van der Waals surface area contributed by atoms with Crippen molar-refractivity contribution in [3.05, 3.63) is 64.7 Å². The number of nitrogens with one attached hydrogen (secondary N) is 2. The molecule has 2 heterocycles. The zero-order valence-electron chi connectivity index (χ0n) is 16.9. The Morgan fingerprint density at radius 1 is 1.16 bits per heavy atom. The molecule has 10 heteroatoms. The molecule has 4 rings (SSSR count). The number of rotatable bonds is 4. The van der Waals surface area contributed by atoms with Crippen molar-refractivity contribution in [2.45, 2.75) is 24.7 Å². The normalized spacial score (nSPS) is 18.4. The van der Waals surface area contributed by atoms with Gasteiger partial charge in [-0.25, -0.2) is 0 Å². The highest BCUT2D eigenvalue weighted by molar-refractivity contribution is 6.47. The van der Waals surface area contributed by atoms with Crippen LogP contribution in [0.2, 0.25) is 5.02 Å². The Hall–Kier alpha value is -2.91. The minimum atomic E-state index is -4.47. The molecular formula is C22H20ClF3N4O2. The number of carbonyl (C=O) groups is 2. The van der Waals surface area contributed by atoms with Crippen molar-refractivity contribution in [1.82, 2.24) is 10.2 Å². The van der Waals surface area contributed by atoms with Gasteiger partial charge < -0.3 is 10.6 Å². The van der Waals surface area contributed by atoms with E-state index in [1.165, 1.54) is 12.1 Å². The third kappa shape index (κ3) is 4.94. The molecule has 0 bridgehead atoms. The van der Waals surface area contributed by atoms with Crippen LogP contribution in [-0.4, -0.2) is 47.7 Å². The topological polar surface area (TPSA) is 73.8 Å². The lowest BCUT2D eigenvalue weighted by Crippen LogP contribution is -2.52. The zero-order chi connectivity index (χ0) is 22.9. The fourth-order valence-electron chi connectivity index (χ4n) is 3.89. The van der Waals surface area contributed by atoms with Gasteiger partial charge in [0, 0.05) is 42.2 Å². The zero-order valence-corrected chi connectivity index (χ0v) is 17.6. The van der Waals surface area contributed by atoms with Crippen molar-refractivity contribution in [1.29, 1.82) is 0 Å². The predicted molar refractivity (Wildman–Crippen MR) is 115 cm³/mol. The van der Waals surface area contributed by atoms with Gasteiger partial charge in [-0.3, -0.25) is 19.5 Å². The van der Waals surface area contributed by atoms with E-state index in [2.05, 4.69) is 15.6 Å². The van der Waals surface area contributed by atoms with Crippen molar-refractivity contribution < 1.29 is 22.8 Å². The fourth-order valence-corrected chi connectivity index (χ4v) is 4.08. The number of piperidine rings is 1. The number of nitrogens with zero attached hydrogens (tertiary/aromatic N) is 2. The first-order valence-corrected chi connectivity index (χ1v) is 10.4. The second kappa shape index (κ2) is 8.55. The van der Waals surface area contributed by atoms with Crippen LogP contribution in [0, 0.1) is 0 Å². The highest BCUT2D eigenvalue weighted by Crippen LogP contribution is 2.31. The van der Waals surface area contributed by atoms with Gasteiger partial charge in [-0.2, -0.15) is 13.2 Å². The fraction of sp³-hybridized carbons (Fsp3) is 0.318. The van der Waals surface area contributed by atoms with Gasteiger partial charge in [0.05, 0.1) is 12.1 Å². The SMILES string of the molecule is O=C(CN1CCC2(CC1)N=C(c1cccc(Cl)c1)C(=O)N2)Nc1cccc(C(F)(F)F)c1. The maximum absolute atomic E-state index is 12.8. The maximum Gasteiger partial charge on any atom is 0.416 e. The molecule has 2 amide bonds. The van der Waals surface area contributed by atoms with Gasteiger partial charge in [-0.15, -0.1) is 0 Å². The summed E-state index contributed by atoms with van der Waals surface area (Å²) in [5.74, 6) is -0.665. The highest BCUT2D eigenvalue weighted by atomic mass is 35.5. The van der Waals surface area contributed by atoms with E-state index in [0.29, 0.717) is 42.2 Å². The quantitative estimate of drug-likeness (QED) is 0.724. The van der Waals surface area contributed by atoms with E-state index in [0.717, 1.165) is 12.1 Å².